The summed E-state index contributed by atoms with van der Waals surface area (Å²) in [6.45, 7) is 0. The van der Waals surface area contributed by atoms with E-state index in [-0.39, 0.29) is 22.6 Å². The fraction of sp³-hybridized carbons (Fsp3) is 0.375. The first-order chi connectivity index (χ1) is 7.13. The molecule has 1 rings (SSSR count). The number of carbonyl (C=O) groups excluding carboxylic acids is 1. The van der Waals surface area contributed by atoms with Crippen molar-refractivity contribution in [3.8, 4) is 11.6 Å². The number of carbonyl (C=O) groups is 1. The summed E-state index contributed by atoms with van der Waals surface area (Å²) in [5.41, 5.74) is -0.0724. The van der Waals surface area contributed by atoms with Gasteiger partial charge in [0.15, 0.2) is 5.69 Å². The van der Waals surface area contributed by atoms with Crippen LogP contribution >= 0.6 is 11.6 Å². The van der Waals surface area contributed by atoms with E-state index in [1.807, 2.05) is 0 Å². The lowest BCUT2D eigenvalue weighted by Crippen LogP contribution is -2.09. The molecule has 0 aliphatic heterocycles. The van der Waals surface area contributed by atoms with Gasteiger partial charge in [-0.15, -0.1) is 0 Å². The predicted octanol–water partition coefficient (Wildman–Crippen LogP) is 0.934. The fourth-order valence-electron chi connectivity index (χ4n) is 0.961. The van der Waals surface area contributed by atoms with Crippen LogP contribution in [-0.4, -0.2) is 37.3 Å². The van der Waals surface area contributed by atoms with Crippen LogP contribution in [0, 0.1) is 0 Å². The smallest absolute Gasteiger partial charge is 0.360 e. The summed E-state index contributed by atoms with van der Waals surface area (Å²) in [5.74, 6) is -0.499. The number of nitrogens with zero attached hydrogens (tertiary/aromatic N) is 2. The van der Waals surface area contributed by atoms with Crippen molar-refractivity contribution in [2.75, 3.05) is 21.3 Å². The van der Waals surface area contributed by atoms with Crippen LogP contribution in [0.3, 0.4) is 0 Å². The van der Waals surface area contributed by atoms with Crippen LogP contribution in [0.15, 0.2) is 0 Å². The van der Waals surface area contributed by atoms with E-state index in [9.17, 15) is 4.79 Å². The SMILES string of the molecule is COC(=O)c1nc(Cl)nc(OC)c1OC. The molecule has 0 aliphatic carbocycles. The monoisotopic (exact) mass is 232 g/mol. The molecule has 1 aromatic heterocycles. The molecule has 0 unspecified atom stereocenters. The minimum atomic E-state index is -0.672. The molecule has 0 saturated heterocycles. The van der Waals surface area contributed by atoms with Crippen LogP contribution in [-0.2, 0) is 4.74 Å². The largest absolute Gasteiger partial charge is 0.489 e. The average Bonchev–Trinajstić information content (AvgIpc) is 2.26. The van der Waals surface area contributed by atoms with E-state index in [1.54, 1.807) is 0 Å². The standard InChI is InChI=1S/C8H9ClN2O4/c1-13-5-4(7(12)15-3)10-8(9)11-6(5)14-2/h1-3H3. The van der Waals surface area contributed by atoms with Gasteiger partial charge in [0.25, 0.3) is 5.88 Å². The normalized spacial score (nSPS) is 9.60. The van der Waals surface area contributed by atoms with E-state index < -0.39 is 5.97 Å². The highest BCUT2D eigenvalue weighted by Crippen LogP contribution is 2.29. The number of ether oxygens (including phenoxy) is 3. The van der Waals surface area contributed by atoms with Crippen LogP contribution in [0.1, 0.15) is 10.5 Å². The van der Waals surface area contributed by atoms with Crippen molar-refractivity contribution in [3.63, 3.8) is 0 Å². The first-order valence-corrected chi connectivity index (χ1v) is 4.25. The zero-order valence-corrected chi connectivity index (χ0v) is 9.16. The summed E-state index contributed by atoms with van der Waals surface area (Å²) in [6.07, 6.45) is 0. The maximum absolute atomic E-state index is 11.3. The molecule has 0 bridgehead atoms. The molecule has 15 heavy (non-hydrogen) atoms. The van der Waals surface area contributed by atoms with E-state index >= 15 is 0 Å². The number of halogens is 1. The molecule has 1 heterocycles. The first kappa shape index (κ1) is 11.5. The Kier molecular flexibility index (Phi) is 3.68. The van der Waals surface area contributed by atoms with Gasteiger partial charge in [-0.05, 0) is 11.6 Å². The minimum absolute atomic E-state index is 0.0724. The van der Waals surface area contributed by atoms with Crippen molar-refractivity contribution in [2.45, 2.75) is 0 Å². The lowest BCUT2D eigenvalue weighted by molar-refractivity contribution is 0.0588. The van der Waals surface area contributed by atoms with Gasteiger partial charge in [-0.1, -0.05) is 0 Å². The summed E-state index contributed by atoms with van der Waals surface area (Å²) >= 11 is 5.59. The Bertz CT molecular complexity index is 383. The third-order valence-electron chi connectivity index (χ3n) is 1.58. The number of esters is 1. The van der Waals surface area contributed by atoms with Crippen molar-refractivity contribution in [1.29, 1.82) is 0 Å². The van der Waals surface area contributed by atoms with Crippen molar-refractivity contribution in [3.05, 3.63) is 11.0 Å². The molecule has 0 amide bonds. The fourth-order valence-corrected chi connectivity index (χ4v) is 1.12. The Morgan fingerprint density at radius 2 is 1.87 bits per heavy atom. The minimum Gasteiger partial charge on any atom is -0.489 e. The second-order valence-corrected chi connectivity index (χ2v) is 2.71. The van der Waals surface area contributed by atoms with E-state index in [1.165, 1.54) is 21.3 Å². The average molecular weight is 233 g/mol. The summed E-state index contributed by atoms with van der Waals surface area (Å²) in [7, 11) is 3.97. The first-order valence-electron chi connectivity index (χ1n) is 3.87. The van der Waals surface area contributed by atoms with Gasteiger partial charge in [-0.25, -0.2) is 9.78 Å². The second kappa shape index (κ2) is 4.79. The van der Waals surface area contributed by atoms with Crippen molar-refractivity contribution in [2.24, 2.45) is 0 Å². The van der Waals surface area contributed by atoms with Crippen molar-refractivity contribution >= 4 is 17.6 Å². The van der Waals surface area contributed by atoms with Crippen molar-refractivity contribution in [1.82, 2.24) is 9.97 Å². The Balaban J connectivity index is 3.35. The zero-order chi connectivity index (χ0) is 11.4. The number of aromatic nitrogens is 2. The lowest BCUT2D eigenvalue weighted by atomic mass is 10.3. The lowest BCUT2D eigenvalue weighted by Gasteiger charge is -2.09. The van der Waals surface area contributed by atoms with E-state index in [2.05, 4.69) is 14.7 Å². The topological polar surface area (TPSA) is 70.5 Å². The van der Waals surface area contributed by atoms with Crippen LogP contribution < -0.4 is 9.47 Å². The highest BCUT2D eigenvalue weighted by Gasteiger charge is 2.21. The molecule has 0 aromatic carbocycles. The van der Waals surface area contributed by atoms with Gasteiger partial charge in [0, 0.05) is 0 Å². The number of hydrogen-bond donors (Lipinski definition) is 0. The quantitative estimate of drug-likeness (QED) is 0.570. The molecule has 82 valence electrons. The molecule has 7 heteroatoms. The van der Waals surface area contributed by atoms with Gasteiger partial charge in [0.2, 0.25) is 11.0 Å². The van der Waals surface area contributed by atoms with Gasteiger partial charge in [-0.3, -0.25) is 0 Å². The molecule has 1 aromatic rings. The molecule has 0 aliphatic rings. The molecule has 0 spiro atoms. The van der Waals surface area contributed by atoms with E-state index in [0.29, 0.717) is 0 Å². The van der Waals surface area contributed by atoms with Gasteiger partial charge in [-0.2, -0.15) is 4.98 Å². The van der Waals surface area contributed by atoms with Gasteiger partial charge in [0.1, 0.15) is 0 Å². The predicted molar refractivity (Wildman–Crippen MR) is 51.5 cm³/mol. The molecule has 0 fully saturated rings. The molecule has 6 nitrogen and oxygen atoms in total. The number of rotatable bonds is 3. The maximum atomic E-state index is 11.3. The van der Waals surface area contributed by atoms with E-state index in [0.717, 1.165) is 0 Å². The summed E-state index contributed by atoms with van der Waals surface area (Å²) in [6, 6.07) is 0. The third kappa shape index (κ3) is 2.27. The Morgan fingerprint density at radius 1 is 1.20 bits per heavy atom. The molecular weight excluding hydrogens is 224 g/mol. The van der Waals surface area contributed by atoms with Crippen LogP contribution in [0.25, 0.3) is 0 Å². The zero-order valence-electron chi connectivity index (χ0n) is 8.41. The number of hydrogen-bond acceptors (Lipinski definition) is 6. The second-order valence-electron chi connectivity index (χ2n) is 2.38. The van der Waals surface area contributed by atoms with Crippen LogP contribution in [0.5, 0.6) is 11.6 Å². The molecular formula is C8H9ClN2O4. The Labute approximate surface area is 91.1 Å². The summed E-state index contributed by atoms with van der Waals surface area (Å²) in [5, 5.41) is -0.118. The molecule has 0 atom stereocenters. The van der Waals surface area contributed by atoms with Crippen LogP contribution in [0.4, 0.5) is 0 Å². The highest BCUT2D eigenvalue weighted by atomic mass is 35.5. The van der Waals surface area contributed by atoms with Gasteiger partial charge in [0.05, 0.1) is 21.3 Å². The highest BCUT2D eigenvalue weighted by molar-refractivity contribution is 6.28. The Hall–Kier alpha value is -1.56. The molecule has 0 radical (unpaired) electrons. The summed E-state index contributed by atoms with van der Waals surface area (Å²) in [4.78, 5) is 18.7. The van der Waals surface area contributed by atoms with Gasteiger partial charge < -0.3 is 14.2 Å². The molecule has 0 saturated carbocycles. The van der Waals surface area contributed by atoms with Crippen molar-refractivity contribution < 1.29 is 19.0 Å². The molecule has 0 N–H and O–H groups in total. The van der Waals surface area contributed by atoms with Crippen LogP contribution in [0.2, 0.25) is 5.28 Å². The Morgan fingerprint density at radius 3 is 2.33 bits per heavy atom. The van der Waals surface area contributed by atoms with E-state index in [4.69, 9.17) is 21.1 Å². The van der Waals surface area contributed by atoms with Gasteiger partial charge >= 0.3 is 5.97 Å². The third-order valence-corrected chi connectivity index (χ3v) is 1.75. The maximum Gasteiger partial charge on any atom is 0.360 e. The number of methoxy groups -OCH3 is 3. The summed E-state index contributed by atoms with van der Waals surface area (Å²) < 4.78 is 14.3.